The van der Waals surface area contributed by atoms with Crippen molar-refractivity contribution in [3.63, 3.8) is 0 Å². The molecule has 0 N–H and O–H groups in total. The first-order chi connectivity index (χ1) is 14.7. The van der Waals surface area contributed by atoms with E-state index in [0.717, 1.165) is 33.3 Å². The molecule has 30 heavy (non-hydrogen) atoms. The zero-order valence-electron chi connectivity index (χ0n) is 15.8. The van der Waals surface area contributed by atoms with Crippen molar-refractivity contribution in [1.29, 1.82) is 0 Å². The highest BCUT2D eigenvalue weighted by Gasteiger charge is 2.14. The molecular weight excluding hydrogens is 380 g/mol. The van der Waals surface area contributed by atoms with Crippen molar-refractivity contribution in [3.8, 4) is 33.6 Å². The molecule has 0 spiro atoms. The second-order valence-corrected chi connectivity index (χ2v) is 6.87. The van der Waals surface area contributed by atoms with Crippen LogP contribution in [0.4, 0.5) is 8.78 Å². The van der Waals surface area contributed by atoms with E-state index >= 15 is 0 Å². The van der Waals surface area contributed by atoms with Crippen LogP contribution in [0.15, 0.2) is 91.3 Å². The molecule has 5 heteroatoms. The lowest BCUT2D eigenvalue weighted by atomic mass is 10.0. The Morgan fingerprint density at radius 2 is 0.967 bits per heavy atom. The Balaban J connectivity index is 1.74. The van der Waals surface area contributed by atoms with E-state index in [0.29, 0.717) is 11.4 Å². The Kier molecular flexibility index (Phi) is 4.48. The van der Waals surface area contributed by atoms with Crippen LogP contribution < -0.4 is 0 Å². The first-order valence-electron chi connectivity index (χ1n) is 9.41. The van der Waals surface area contributed by atoms with E-state index < -0.39 is 0 Å². The van der Waals surface area contributed by atoms with Crippen molar-refractivity contribution in [2.75, 3.05) is 0 Å². The second kappa shape index (κ2) is 7.44. The van der Waals surface area contributed by atoms with Gasteiger partial charge in [0, 0.05) is 23.5 Å². The second-order valence-electron chi connectivity index (χ2n) is 6.87. The van der Waals surface area contributed by atoms with Gasteiger partial charge in [0.15, 0.2) is 0 Å². The summed E-state index contributed by atoms with van der Waals surface area (Å²) in [5.74, 6) is -0.645. The Morgan fingerprint density at radius 3 is 1.53 bits per heavy atom. The fourth-order valence-electron chi connectivity index (χ4n) is 3.40. The molecule has 0 radical (unpaired) electrons. The molecule has 0 atom stereocenters. The normalized spacial score (nSPS) is 11.0. The number of benzene rings is 3. The molecular formula is C25H15F2N3. The summed E-state index contributed by atoms with van der Waals surface area (Å²) >= 11 is 0. The highest BCUT2D eigenvalue weighted by atomic mass is 19.1. The van der Waals surface area contributed by atoms with Crippen LogP contribution in [-0.2, 0) is 0 Å². The van der Waals surface area contributed by atoms with Gasteiger partial charge in [0.1, 0.15) is 11.6 Å². The van der Waals surface area contributed by atoms with Gasteiger partial charge in [-0.1, -0.05) is 6.07 Å². The Bertz CT molecular complexity index is 1330. The van der Waals surface area contributed by atoms with Gasteiger partial charge in [0.2, 0.25) is 0 Å². The molecule has 2 aromatic heterocycles. The van der Waals surface area contributed by atoms with E-state index in [1.54, 1.807) is 36.7 Å². The molecule has 0 bridgehead atoms. The van der Waals surface area contributed by atoms with Gasteiger partial charge in [-0.15, -0.1) is 0 Å². The summed E-state index contributed by atoms with van der Waals surface area (Å²) in [4.78, 5) is 13.7. The molecule has 0 amide bonds. The van der Waals surface area contributed by atoms with Crippen LogP contribution in [0, 0.1) is 11.6 Å². The van der Waals surface area contributed by atoms with E-state index in [2.05, 4.69) is 4.98 Å². The largest absolute Gasteiger partial charge is 0.265 e. The first kappa shape index (κ1) is 18.1. The lowest BCUT2D eigenvalue weighted by Crippen LogP contribution is -1.96. The first-order valence-corrected chi connectivity index (χ1v) is 9.41. The van der Waals surface area contributed by atoms with E-state index in [1.807, 2.05) is 30.3 Å². The average Bonchev–Trinajstić information content (AvgIpc) is 2.79. The summed E-state index contributed by atoms with van der Waals surface area (Å²) < 4.78 is 26.9. The number of hydrogen-bond acceptors (Lipinski definition) is 3. The maximum atomic E-state index is 13.5. The van der Waals surface area contributed by atoms with Crippen LogP contribution in [0.2, 0.25) is 0 Å². The minimum absolute atomic E-state index is 0.321. The predicted octanol–water partition coefficient (Wildman–Crippen LogP) is 6.30. The van der Waals surface area contributed by atoms with Gasteiger partial charge >= 0.3 is 0 Å². The van der Waals surface area contributed by atoms with Crippen molar-refractivity contribution in [2.24, 2.45) is 0 Å². The molecule has 5 aromatic rings. The Labute approximate surface area is 171 Å². The third-order valence-corrected chi connectivity index (χ3v) is 4.91. The third kappa shape index (κ3) is 3.42. The molecule has 0 aliphatic heterocycles. The number of halogens is 2. The van der Waals surface area contributed by atoms with Gasteiger partial charge in [-0.25, -0.2) is 18.7 Å². The fraction of sp³-hybridized carbons (Fsp3) is 0. The van der Waals surface area contributed by atoms with E-state index in [9.17, 15) is 8.78 Å². The van der Waals surface area contributed by atoms with Crippen LogP contribution in [0.3, 0.4) is 0 Å². The van der Waals surface area contributed by atoms with Crippen molar-refractivity contribution in [1.82, 2.24) is 15.0 Å². The fourth-order valence-corrected chi connectivity index (χ4v) is 3.40. The predicted molar refractivity (Wildman–Crippen MR) is 114 cm³/mol. The van der Waals surface area contributed by atoms with Crippen LogP contribution in [0.1, 0.15) is 0 Å². The van der Waals surface area contributed by atoms with Gasteiger partial charge in [0.05, 0.1) is 22.4 Å². The summed E-state index contributed by atoms with van der Waals surface area (Å²) in [7, 11) is 0. The molecule has 5 rings (SSSR count). The standard InChI is InChI=1S/C25H15F2N3/c26-20-6-1-17(2-7-20)24-25(18-3-8-21(27)9-4-18)30-23-15-19(5-10-22(23)29-24)16-11-13-28-14-12-16/h1-15H. The SMILES string of the molecule is Fc1ccc(-c2nc3ccc(-c4ccncc4)cc3nc2-c2ccc(F)cc2)cc1. The zero-order valence-corrected chi connectivity index (χ0v) is 15.8. The minimum atomic E-state index is -0.323. The van der Waals surface area contributed by atoms with Crippen LogP contribution >= 0.6 is 0 Å². The molecule has 2 heterocycles. The molecule has 144 valence electrons. The van der Waals surface area contributed by atoms with Gasteiger partial charge in [-0.05, 0) is 83.9 Å². The van der Waals surface area contributed by atoms with Crippen LogP contribution in [0.5, 0.6) is 0 Å². The topological polar surface area (TPSA) is 38.7 Å². The number of rotatable bonds is 3. The highest BCUT2D eigenvalue weighted by molar-refractivity contribution is 5.88. The van der Waals surface area contributed by atoms with Gasteiger partial charge in [-0.3, -0.25) is 4.98 Å². The Morgan fingerprint density at radius 1 is 0.467 bits per heavy atom. The summed E-state index contributed by atoms with van der Waals surface area (Å²) in [5, 5.41) is 0. The highest BCUT2D eigenvalue weighted by Crippen LogP contribution is 2.32. The molecule has 0 unspecified atom stereocenters. The molecule has 3 nitrogen and oxygen atoms in total. The van der Waals surface area contributed by atoms with Crippen molar-refractivity contribution in [2.45, 2.75) is 0 Å². The van der Waals surface area contributed by atoms with Crippen LogP contribution in [-0.4, -0.2) is 15.0 Å². The summed E-state index contributed by atoms with van der Waals surface area (Å²) in [6.45, 7) is 0. The van der Waals surface area contributed by atoms with Crippen molar-refractivity contribution in [3.05, 3.63) is 103 Å². The number of hydrogen-bond donors (Lipinski definition) is 0. The molecule has 0 aliphatic carbocycles. The van der Waals surface area contributed by atoms with Crippen molar-refractivity contribution >= 4 is 11.0 Å². The van der Waals surface area contributed by atoms with E-state index in [-0.39, 0.29) is 11.6 Å². The van der Waals surface area contributed by atoms with Gasteiger partial charge in [0.25, 0.3) is 0 Å². The van der Waals surface area contributed by atoms with E-state index in [4.69, 9.17) is 9.97 Å². The van der Waals surface area contributed by atoms with Crippen LogP contribution in [0.25, 0.3) is 44.7 Å². The zero-order chi connectivity index (χ0) is 20.5. The summed E-state index contributed by atoms with van der Waals surface area (Å²) in [6.07, 6.45) is 3.49. The third-order valence-electron chi connectivity index (χ3n) is 4.91. The summed E-state index contributed by atoms with van der Waals surface area (Å²) in [6, 6.07) is 22.0. The number of aromatic nitrogens is 3. The average molecular weight is 395 g/mol. The summed E-state index contributed by atoms with van der Waals surface area (Å²) in [5.41, 5.74) is 6.17. The number of nitrogens with zero attached hydrogens (tertiary/aromatic N) is 3. The van der Waals surface area contributed by atoms with E-state index in [1.165, 1.54) is 24.3 Å². The molecule has 0 saturated heterocycles. The van der Waals surface area contributed by atoms with Gasteiger partial charge < -0.3 is 0 Å². The Hall–Kier alpha value is -3.99. The lowest BCUT2D eigenvalue weighted by Gasteiger charge is -2.12. The molecule has 0 aliphatic rings. The molecule has 0 saturated carbocycles. The molecule has 0 fully saturated rings. The minimum Gasteiger partial charge on any atom is -0.265 e. The quantitative estimate of drug-likeness (QED) is 0.360. The number of fused-ring (bicyclic) bond motifs is 1. The maximum absolute atomic E-state index is 13.5. The number of pyridine rings is 1. The maximum Gasteiger partial charge on any atom is 0.123 e. The smallest absolute Gasteiger partial charge is 0.123 e. The van der Waals surface area contributed by atoms with Gasteiger partial charge in [-0.2, -0.15) is 0 Å². The van der Waals surface area contributed by atoms with Crippen molar-refractivity contribution < 1.29 is 8.78 Å². The molecule has 3 aromatic carbocycles. The lowest BCUT2D eigenvalue weighted by molar-refractivity contribution is 0.627. The monoisotopic (exact) mass is 395 g/mol.